The van der Waals surface area contributed by atoms with Crippen molar-refractivity contribution < 1.29 is 24.1 Å². The number of anilines is 1. The maximum atomic E-state index is 12.2. The van der Waals surface area contributed by atoms with Crippen molar-refractivity contribution in [3.05, 3.63) is 40.6 Å². The average molecular weight is 469 g/mol. The zero-order valence-corrected chi connectivity index (χ0v) is 20.7. The third kappa shape index (κ3) is 5.05. The Morgan fingerprint density at radius 3 is 2.53 bits per heavy atom. The summed E-state index contributed by atoms with van der Waals surface area (Å²) in [4.78, 5) is 17.1. The second kappa shape index (κ2) is 10.3. The molecule has 0 amide bonds. The van der Waals surface area contributed by atoms with Gasteiger partial charge in [0.25, 0.3) is 0 Å². The van der Waals surface area contributed by atoms with Gasteiger partial charge in [-0.25, -0.2) is 4.79 Å². The summed E-state index contributed by atoms with van der Waals surface area (Å²) in [6, 6.07) is 6.02. The minimum atomic E-state index is -1.03. The quantitative estimate of drug-likeness (QED) is 0.551. The van der Waals surface area contributed by atoms with Gasteiger partial charge in [-0.3, -0.25) is 4.98 Å². The summed E-state index contributed by atoms with van der Waals surface area (Å²) in [5.74, 6) is -0.0411. The molecule has 0 unspecified atom stereocenters. The normalized spacial score (nSPS) is 18.1. The van der Waals surface area contributed by atoms with Gasteiger partial charge in [-0.1, -0.05) is 12.8 Å². The maximum absolute atomic E-state index is 12.2. The summed E-state index contributed by atoms with van der Waals surface area (Å²) in [7, 11) is 1.68. The number of aryl methyl sites for hydroxylation is 2. The van der Waals surface area contributed by atoms with Crippen molar-refractivity contribution in [2.24, 2.45) is 0 Å². The highest BCUT2D eigenvalue weighted by Crippen LogP contribution is 2.36. The van der Waals surface area contributed by atoms with Crippen molar-refractivity contribution in [3.8, 4) is 17.0 Å². The number of benzene rings is 1. The summed E-state index contributed by atoms with van der Waals surface area (Å²) in [5, 5.41) is 13.4. The molecule has 1 aromatic carbocycles. The summed E-state index contributed by atoms with van der Waals surface area (Å²) in [6.45, 7) is 7.36. The van der Waals surface area contributed by atoms with E-state index in [4.69, 9.17) is 19.2 Å². The Morgan fingerprint density at radius 2 is 1.88 bits per heavy atom. The zero-order valence-electron chi connectivity index (χ0n) is 20.7. The molecule has 2 heterocycles. The number of pyridine rings is 1. The van der Waals surface area contributed by atoms with Gasteiger partial charge in [0.05, 0.1) is 25.5 Å². The number of carbonyl (C=O) groups is 1. The molecular formula is C27H36N2O5. The molecular weight excluding hydrogens is 432 g/mol. The Hall–Kier alpha value is -2.64. The molecule has 1 aliphatic carbocycles. The van der Waals surface area contributed by atoms with Gasteiger partial charge in [0.2, 0.25) is 0 Å². The zero-order chi connectivity index (χ0) is 24.3. The minimum absolute atomic E-state index is 0.271. The molecule has 1 aliphatic heterocycles. The van der Waals surface area contributed by atoms with Crippen molar-refractivity contribution in [2.75, 3.05) is 25.6 Å². The number of rotatable bonds is 8. The summed E-state index contributed by atoms with van der Waals surface area (Å²) in [6.07, 6.45) is 5.70. The largest absolute Gasteiger partial charge is 0.496 e. The first-order valence-corrected chi connectivity index (χ1v) is 12.2. The van der Waals surface area contributed by atoms with Gasteiger partial charge < -0.3 is 24.6 Å². The molecule has 1 saturated heterocycles. The SMILES string of the molecule is COc1cc(-c2c(C)cc(NC3(C(=O)O)CCOCC3)cc2COC2CCCC2)nc(C)c1C. The Balaban J connectivity index is 1.74. The lowest BCUT2D eigenvalue weighted by molar-refractivity contribution is -0.145. The Labute approximate surface area is 201 Å². The van der Waals surface area contributed by atoms with Gasteiger partial charge in [-0.15, -0.1) is 0 Å². The van der Waals surface area contributed by atoms with Crippen molar-refractivity contribution in [3.63, 3.8) is 0 Å². The van der Waals surface area contributed by atoms with E-state index in [2.05, 4.69) is 5.32 Å². The first-order valence-electron chi connectivity index (χ1n) is 12.2. The van der Waals surface area contributed by atoms with Crippen molar-refractivity contribution in [1.29, 1.82) is 0 Å². The standard InChI is InChI=1S/C27H36N2O5/c1-17-13-21(29-27(26(30)31)9-11-33-12-10-27)14-20(16-34-22-7-5-6-8-22)25(17)23-15-24(32-4)18(2)19(3)28-23/h13-15,22,29H,5-12,16H2,1-4H3,(H,30,31). The number of carboxylic acid groups (broad SMARTS) is 1. The van der Waals surface area contributed by atoms with Crippen LogP contribution in [0.3, 0.4) is 0 Å². The van der Waals surface area contributed by atoms with Crippen molar-refractivity contribution in [2.45, 2.75) is 77.5 Å². The van der Waals surface area contributed by atoms with E-state index >= 15 is 0 Å². The molecule has 184 valence electrons. The second-order valence-corrected chi connectivity index (χ2v) is 9.59. The molecule has 0 bridgehead atoms. The van der Waals surface area contributed by atoms with E-state index in [9.17, 15) is 9.90 Å². The minimum Gasteiger partial charge on any atom is -0.496 e. The van der Waals surface area contributed by atoms with E-state index in [1.165, 1.54) is 12.8 Å². The van der Waals surface area contributed by atoms with Gasteiger partial charge in [0.1, 0.15) is 11.3 Å². The van der Waals surface area contributed by atoms with Gasteiger partial charge in [-0.2, -0.15) is 0 Å². The predicted molar refractivity (Wildman–Crippen MR) is 132 cm³/mol. The summed E-state index contributed by atoms with van der Waals surface area (Å²) < 4.78 is 17.4. The van der Waals surface area contributed by atoms with Crippen LogP contribution in [0, 0.1) is 20.8 Å². The molecule has 2 aromatic rings. The molecule has 0 atom stereocenters. The molecule has 7 heteroatoms. The van der Waals surface area contributed by atoms with Gasteiger partial charge in [0, 0.05) is 54.6 Å². The van der Waals surface area contributed by atoms with E-state index in [1.807, 2.05) is 39.0 Å². The van der Waals surface area contributed by atoms with Crippen LogP contribution in [-0.2, 0) is 20.9 Å². The lowest BCUT2D eigenvalue weighted by Crippen LogP contribution is -2.50. The Bertz CT molecular complexity index is 1040. The fraction of sp³-hybridized carbons (Fsp3) is 0.556. The highest BCUT2D eigenvalue weighted by Gasteiger charge is 2.40. The number of hydrogen-bond acceptors (Lipinski definition) is 6. The van der Waals surface area contributed by atoms with E-state index in [1.54, 1.807) is 7.11 Å². The highest BCUT2D eigenvalue weighted by molar-refractivity contribution is 5.84. The number of methoxy groups -OCH3 is 1. The number of ether oxygens (including phenoxy) is 3. The maximum Gasteiger partial charge on any atom is 0.329 e. The molecule has 0 spiro atoms. The Kier molecular flexibility index (Phi) is 7.43. The topological polar surface area (TPSA) is 89.9 Å². The molecule has 2 aliphatic rings. The number of aromatic nitrogens is 1. The van der Waals surface area contributed by atoms with Crippen LogP contribution in [0.5, 0.6) is 5.75 Å². The van der Waals surface area contributed by atoms with Crippen molar-refractivity contribution in [1.82, 2.24) is 4.98 Å². The summed E-state index contributed by atoms with van der Waals surface area (Å²) >= 11 is 0. The van der Waals surface area contributed by atoms with E-state index in [0.29, 0.717) is 32.7 Å². The third-order valence-electron chi connectivity index (χ3n) is 7.28. The Morgan fingerprint density at radius 1 is 1.18 bits per heavy atom. The number of carboxylic acids is 1. The molecule has 7 nitrogen and oxygen atoms in total. The number of hydrogen-bond donors (Lipinski definition) is 2. The number of nitrogens with one attached hydrogen (secondary N) is 1. The first kappa shape index (κ1) is 24.5. The molecule has 2 N–H and O–H groups in total. The lowest BCUT2D eigenvalue weighted by Gasteiger charge is -2.35. The van der Waals surface area contributed by atoms with Crippen LogP contribution in [-0.4, -0.2) is 48.0 Å². The monoisotopic (exact) mass is 468 g/mol. The smallest absolute Gasteiger partial charge is 0.329 e. The van der Waals surface area contributed by atoms with Crippen LogP contribution in [0.25, 0.3) is 11.3 Å². The number of nitrogens with zero attached hydrogens (tertiary/aromatic N) is 1. The fourth-order valence-electron chi connectivity index (χ4n) is 5.11. The van der Waals surface area contributed by atoms with Crippen LogP contribution in [0.1, 0.15) is 60.9 Å². The van der Waals surface area contributed by atoms with Crippen LogP contribution >= 0.6 is 0 Å². The highest BCUT2D eigenvalue weighted by atomic mass is 16.5. The van der Waals surface area contributed by atoms with Gasteiger partial charge in [-0.05, 0) is 56.9 Å². The molecule has 4 rings (SSSR count). The second-order valence-electron chi connectivity index (χ2n) is 9.59. The fourth-order valence-corrected chi connectivity index (χ4v) is 5.11. The van der Waals surface area contributed by atoms with Gasteiger partial charge >= 0.3 is 5.97 Å². The average Bonchev–Trinajstić information content (AvgIpc) is 3.33. The van der Waals surface area contributed by atoms with Gasteiger partial charge in [0.15, 0.2) is 0 Å². The molecule has 1 saturated carbocycles. The van der Waals surface area contributed by atoms with Crippen molar-refractivity contribution >= 4 is 11.7 Å². The van der Waals surface area contributed by atoms with E-state index in [-0.39, 0.29) is 6.10 Å². The van der Waals surface area contributed by atoms with Crippen LogP contribution in [0.4, 0.5) is 5.69 Å². The molecule has 0 radical (unpaired) electrons. The molecule has 34 heavy (non-hydrogen) atoms. The molecule has 1 aromatic heterocycles. The van der Waals surface area contributed by atoms with Crippen LogP contribution in [0.2, 0.25) is 0 Å². The molecule has 2 fully saturated rings. The lowest BCUT2D eigenvalue weighted by atomic mass is 9.89. The first-order chi connectivity index (χ1) is 16.3. The third-order valence-corrected chi connectivity index (χ3v) is 7.28. The van der Waals surface area contributed by atoms with Crippen LogP contribution < -0.4 is 10.1 Å². The van der Waals surface area contributed by atoms with Crippen LogP contribution in [0.15, 0.2) is 18.2 Å². The number of aliphatic carboxylic acids is 1. The summed E-state index contributed by atoms with van der Waals surface area (Å²) in [5.41, 5.74) is 5.57. The van der Waals surface area contributed by atoms with E-state index < -0.39 is 11.5 Å². The van der Waals surface area contributed by atoms with E-state index in [0.717, 1.165) is 57.9 Å². The predicted octanol–water partition coefficient (Wildman–Crippen LogP) is 5.19.